The maximum absolute atomic E-state index is 14.0. The first-order valence-electron chi connectivity index (χ1n) is 6.20. The zero-order chi connectivity index (χ0) is 14.1. The summed E-state index contributed by atoms with van der Waals surface area (Å²) in [4.78, 5) is 4.30. The quantitative estimate of drug-likeness (QED) is 0.765. The van der Waals surface area contributed by atoms with Gasteiger partial charge in [-0.15, -0.1) is 0 Å². The molecule has 3 rings (SSSR count). The minimum Gasteiger partial charge on any atom is -0.320 e. The van der Waals surface area contributed by atoms with Gasteiger partial charge in [0.25, 0.3) is 0 Å². The van der Waals surface area contributed by atoms with Crippen molar-refractivity contribution in [1.82, 2.24) is 4.98 Å². The van der Waals surface area contributed by atoms with Crippen LogP contribution in [0.1, 0.15) is 17.2 Å². The second kappa shape index (κ2) is 5.31. The highest BCUT2D eigenvalue weighted by molar-refractivity contribution is 9.10. The largest absolute Gasteiger partial charge is 0.320 e. The molecule has 2 aromatic carbocycles. The third-order valence-electron chi connectivity index (χ3n) is 3.29. The van der Waals surface area contributed by atoms with Crippen LogP contribution in [-0.4, -0.2) is 4.98 Å². The summed E-state index contributed by atoms with van der Waals surface area (Å²) in [6, 6.07) is 14.0. The van der Waals surface area contributed by atoms with Gasteiger partial charge in [-0.1, -0.05) is 40.2 Å². The van der Waals surface area contributed by atoms with Crippen molar-refractivity contribution in [3.8, 4) is 0 Å². The van der Waals surface area contributed by atoms with Gasteiger partial charge in [0, 0.05) is 21.6 Å². The molecule has 3 aromatic rings. The van der Waals surface area contributed by atoms with Crippen LogP contribution in [0.25, 0.3) is 10.9 Å². The average Bonchev–Trinajstić information content (AvgIpc) is 2.46. The topological polar surface area (TPSA) is 38.9 Å². The van der Waals surface area contributed by atoms with Crippen molar-refractivity contribution in [2.45, 2.75) is 6.04 Å². The zero-order valence-corrected chi connectivity index (χ0v) is 12.1. The Balaban J connectivity index is 2.05. The van der Waals surface area contributed by atoms with Crippen molar-refractivity contribution in [2.24, 2.45) is 5.73 Å². The smallest absolute Gasteiger partial charge is 0.129 e. The Kier molecular flexibility index (Phi) is 3.51. The lowest BCUT2D eigenvalue weighted by atomic mass is 9.98. The summed E-state index contributed by atoms with van der Waals surface area (Å²) in [5.74, 6) is -0.312. The van der Waals surface area contributed by atoms with Crippen LogP contribution in [0.2, 0.25) is 0 Å². The summed E-state index contributed by atoms with van der Waals surface area (Å²) in [5, 5.41) is 1.04. The summed E-state index contributed by atoms with van der Waals surface area (Å²) >= 11 is 3.24. The fourth-order valence-corrected chi connectivity index (χ4v) is 2.54. The molecule has 100 valence electrons. The molecule has 1 aromatic heterocycles. The fraction of sp³-hybridized carbons (Fsp3) is 0.0625. The first kappa shape index (κ1) is 13.2. The first-order chi connectivity index (χ1) is 9.65. The van der Waals surface area contributed by atoms with Crippen LogP contribution < -0.4 is 5.73 Å². The number of fused-ring (bicyclic) bond motifs is 1. The number of benzene rings is 2. The van der Waals surface area contributed by atoms with E-state index in [1.165, 1.54) is 6.07 Å². The molecule has 2 N–H and O–H groups in total. The number of aromatic nitrogens is 1. The molecule has 4 heteroatoms. The van der Waals surface area contributed by atoms with E-state index < -0.39 is 6.04 Å². The van der Waals surface area contributed by atoms with E-state index in [9.17, 15) is 4.39 Å². The van der Waals surface area contributed by atoms with Crippen molar-refractivity contribution in [2.75, 3.05) is 0 Å². The Hall–Kier alpha value is -1.78. The molecule has 0 aliphatic heterocycles. The molecule has 0 aliphatic carbocycles. The van der Waals surface area contributed by atoms with Gasteiger partial charge >= 0.3 is 0 Å². The van der Waals surface area contributed by atoms with Gasteiger partial charge in [-0.25, -0.2) is 4.39 Å². The Labute approximate surface area is 124 Å². The van der Waals surface area contributed by atoms with E-state index in [1.807, 2.05) is 30.3 Å². The Morgan fingerprint density at radius 2 is 1.95 bits per heavy atom. The molecule has 1 atom stereocenters. The number of nitrogens with two attached hydrogens (primary N) is 1. The zero-order valence-electron chi connectivity index (χ0n) is 10.6. The van der Waals surface area contributed by atoms with Crippen molar-refractivity contribution in [3.63, 3.8) is 0 Å². The van der Waals surface area contributed by atoms with Crippen molar-refractivity contribution >= 4 is 26.8 Å². The first-order valence-corrected chi connectivity index (χ1v) is 6.99. The highest BCUT2D eigenvalue weighted by Crippen LogP contribution is 2.26. The van der Waals surface area contributed by atoms with Crippen LogP contribution in [0.4, 0.5) is 4.39 Å². The van der Waals surface area contributed by atoms with Crippen LogP contribution >= 0.6 is 15.9 Å². The van der Waals surface area contributed by atoms with Crippen LogP contribution in [0.3, 0.4) is 0 Å². The number of pyridine rings is 1. The highest BCUT2D eigenvalue weighted by atomic mass is 79.9. The Bertz CT molecular complexity index is 773. The predicted octanol–water partition coefficient (Wildman–Crippen LogP) is 4.18. The lowest BCUT2D eigenvalue weighted by Crippen LogP contribution is -2.13. The van der Waals surface area contributed by atoms with Crippen molar-refractivity contribution in [1.29, 1.82) is 0 Å². The average molecular weight is 331 g/mol. The molecule has 0 fully saturated rings. The van der Waals surface area contributed by atoms with Gasteiger partial charge in [0.05, 0.1) is 11.6 Å². The molecule has 0 saturated carbocycles. The number of hydrogen-bond donors (Lipinski definition) is 1. The highest BCUT2D eigenvalue weighted by Gasteiger charge is 2.14. The molecule has 0 spiro atoms. The molecular weight excluding hydrogens is 319 g/mol. The molecule has 0 saturated heterocycles. The van der Waals surface area contributed by atoms with Crippen LogP contribution in [0, 0.1) is 5.82 Å². The van der Waals surface area contributed by atoms with Gasteiger partial charge in [-0.05, 0) is 29.8 Å². The minimum atomic E-state index is -0.505. The molecule has 0 amide bonds. The van der Waals surface area contributed by atoms with Gasteiger partial charge in [0.1, 0.15) is 5.82 Å². The Morgan fingerprint density at radius 3 is 2.75 bits per heavy atom. The van der Waals surface area contributed by atoms with Gasteiger partial charge in [0.2, 0.25) is 0 Å². The van der Waals surface area contributed by atoms with Crippen LogP contribution in [0.15, 0.2) is 59.2 Å². The predicted molar refractivity (Wildman–Crippen MR) is 81.9 cm³/mol. The number of nitrogens with zero attached hydrogens (tertiary/aromatic N) is 1. The summed E-state index contributed by atoms with van der Waals surface area (Å²) in [6.07, 6.45) is 1.73. The maximum atomic E-state index is 14.0. The van der Waals surface area contributed by atoms with E-state index in [1.54, 1.807) is 18.3 Å². The molecule has 2 nitrogen and oxygen atoms in total. The number of rotatable bonds is 2. The molecular formula is C16H12BrFN2. The van der Waals surface area contributed by atoms with E-state index in [0.717, 1.165) is 16.5 Å². The molecule has 20 heavy (non-hydrogen) atoms. The van der Waals surface area contributed by atoms with E-state index in [4.69, 9.17) is 5.73 Å². The number of halogens is 2. The van der Waals surface area contributed by atoms with Gasteiger partial charge in [0.15, 0.2) is 0 Å². The molecule has 0 radical (unpaired) electrons. The monoisotopic (exact) mass is 330 g/mol. The lowest BCUT2D eigenvalue weighted by Gasteiger charge is -2.14. The second-order valence-corrected chi connectivity index (χ2v) is 5.51. The summed E-state index contributed by atoms with van der Waals surface area (Å²) in [7, 11) is 0. The van der Waals surface area contributed by atoms with E-state index >= 15 is 0 Å². The van der Waals surface area contributed by atoms with Gasteiger partial charge in [-0.2, -0.15) is 0 Å². The second-order valence-electron chi connectivity index (χ2n) is 4.60. The lowest BCUT2D eigenvalue weighted by molar-refractivity contribution is 0.599. The normalized spacial score (nSPS) is 12.6. The van der Waals surface area contributed by atoms with E-state index in [-0.39, 0.29) is 5.82 Å². The molecule has 1 unspecified atom stereocenters. The summed E-state index contributed by atoms with van der Waals surface area (Å²) < 4.78 is 14.7. The SMILES string of the molecule is NC(c1ccc2cccnc2c1)c1ccc(Br)cc1F. The maximum Gasteiger partial charge on any atom is 0.129 e. The Morgan fingerprint density at radius 1 is 1.10 bits per heavy atom. The standard InChI is InChI=1S/C16H12BrFN2/c17-12-5-6-13(14(18)9-12)16(19)11-4-3-10-2-1-7-20-15(10)8-11/h1-9,16H,19H2. The van der Waals surface area contributed by atoms with Gasteiger partial charge < -0.3 is 5.73 Å². The summed E-state index contributed by atoms with van der Waals surface area (Å²) in [6.45, 7) is 0. The van der Waals surface area contributed by atoms with Gasteiger partial charge in [-0.3, -0.25) is 4.98 Å². The third kappa shape index (κ3) is 2.44. The van der Waals surface area contributed by atoms with E-state index in [2.05, 4.69) is 20.9 Å². The molecule has 0 aliphatic rings. The summed E-state index contributed by atoms with van der Waals surface area (Å²) in [5.41, 5.74) is 8.35. The van der Waals surface area contributed by atoms with E-state index in [0.29, 0.717) is 10.0 Å². The number of hydrogen-bond acceptors (Lipinski definition) is 2. The van der Waals surface area contributed by atoms with Crippen LogP contribution in [0.5, 0.6) is 0 Å². The molecule has 0 bridgehead atoms. The van der Waals surface area contributed by atoms with Crippen molar-refractivity contribution in [3.05, 3.63) is 76.1 Å². The minimum absolute atomic E-state index is 0.312. The van der Waals surface area contributed by atoms with Crippen molar-refractivity contribution < 1.29 is 4.39 Å². The fourth-order valence-electron chi connectivity index (χ4n) is 2.21. The third-order valence-corrected chi connectivity index (χ3v) is 3.78. The molecule has 1 heterocycles. The van der Waals surface area contributed by atoms with Crippen LogP contribution in [-0.2, 0) is 0 Å².